The number of hydrogen-bond donors (Lipinski definition) is 3. The number of nitrogens with one attached hydrogen (secondary N) is 2. The molecule has 1 aliphatic heterocycles. The Morgan fingerprint density at radius 2 is 2.29 bits per heavy atom. The van der Waals surface area contributed by atoms with E-state index in [0.29, 0.717) is 13.0 Å². The Morgan fingerprint density at radius 3 is 2.82 bits per heavy atom. The van der Waals surface area contributed by atoms with Crippen LogP contribution in [0.3, 0.4) is 0 Å². The van der Waals surface area contributed by atoms with Crippen molar-refractivity contribution in [3.63, 3.8) is 0 Å². The molecule has 3 N–H and O–H groups in total. The molecule has 9 heteroatoms. The quantitative estimate of drug-likeness (QED) is 0.572. The fraction of sp³-hybridized carbons (Fsp3) is 0.875. The second-order valence-corrected chi connectivity index (χ2v) is 5.17. The molecule has 0 spiro atoms. The summed E-state index contributed by atoms with van der Waals surface area (Å²) in [4.78, 5) is 10.9. The van der Waals surface area contributed by atoms with E-state index in [0.717, 1.165) is 0 Å². The average molecular weight is 268 g/mol. The minimum atomic E-state index is -4.02. The van der Waals surface area contributed by atoms with Gasteiger partial charge in [-0.15, -0.1) is 0 Å². The Hall–Kier alpha value is -0.900. The van der Waals surface area contributed by atoms with Crippen molar-refractivity contribution in [2.24, 2.45) is 0 Å². The first-order chi connectivity index (χ1) is 7.87. The number of amides is 1. The monoisotopic (exact) mass is 268 g/mol. The molecule has 0 bridgehead atoms. The Bertz CT molecular complexity index is 362. The first-order valence-electron chi connectivity index (χ1n) is 5.11. The molecule has 0 aromatic heterocycles. The molecule has 1 saturated heterocycles. The van der Waals surface area contributed by atoms with Crippen LogP contribution in [0, 0.1) is 0 Å². The third kappa shape index (κ3) is 4.86. The zero-order valence-corrected chi connectivity index (χ0v) is 10.2. The van der Waals surface area contributed by atoms with Gasteiger partial charge in [0.1, 0.15) is 5.60 Å². The van der Waals surface area contributed by atoms with Gasteiger partial charge < -0.3 is 14.6 Å². The van der Waals surface area contributed by atoms with Crippen molar-refractivity contribution < 1.29 is 27.8 Å². The van der Waals surface area contributed by atoms with Crippen LogP contribution in [0.25, 0.3) is 0 Å². The molecule has 1 aliphatic rings. The van der Waals surface area contributed by atoms with Crippen molar-refractivity contribution >= 4 is 16.3 Å². The third-order valence-corrected chi connectivity index (χ3v) is 3.13. The summed E-state index contributed by atoms with van der Waals surface area (Å²) in [6, 6.07) is 0. The highest BCUT2D eigenvalue weighted by Gasteiger charge is 2.33. The molecular formula is C8H16N2O6S. The minimum absolute atomic E-state index is 0.0644. The van der Waals surface area contributed by atoms with Gasteiger partial charge in [0, 0.05) is 19.6 Å². The summed E-state index contributed by atoms with van der Waals surface area (Å²) >= 11 is 0. The van der Waals surface area contributed by atoms with Crippen LogP contribution in [0.15, 0.2) is 0 Å². The lowest BCUT2D eigenvalue weighted by Crippen LogP contribution is -2.48. The van der Waals surface area contributed by atoms with Gasteiger partial charge in [0.15, 0.2) is 0 Å². The maximum Gasteiger partial charge on any atom is 0.421 e. The molecule has 0 radical (unpaired) electrons. The number of aliphatic hydroxyl groups is 1. The molecule has 1 amide bonds. The molecule has 1 heterocycles. The van der Waals surface area contributed by atoms with E-state index < -0.39 is 21.9 Å². The summed E-state index contributed by atoms with van der Waals surface area (Å²) < 4.78 is 35.8. The first kappa shape index (κ1) is 14.2. The summed E-state index contributed by atoms with van der Waals surface area (Å²) in [5.41, 5.74) is -1.22. The second kappa shape index (κ2) is 5.63. The van der Waals surface area contributed by atoms with E-state index >= 15 is 0 Å². The summed E-state index contributed by atoms with van der Waals surface area (Å²) in [6.07, 6.45) is -0.718. The Balaban J connectivity index is 2.41. The van der Waals surface area contributed by atoms with Crippen molar-refractivity contribution in [2.45, 2.75) is 18.9 Å². The highest BCUT2D eigenvalue weighted by atomic mass is 32.2. The van der Waals surface area contributed by atoms with Gasteiger partial charge in [-0.1, -0.05) is 0 Å². The number of ether oxygens (including phenoxy) is 2. The number of carbonyl (C=O) groups excluding carboxylic acids is 1. The normalized spacial score (nSPS) is 24.6. The molecule has 1 fully saturated rings. The van der Waals surface area contributed by atoms with E-state index in [9.17, 15) is 18.3 Å². The molecule has 17 heavy (non-hydrogen) atoms. The smallest absolute Gasteiger partial charge is 0.421 e. The highest BCUT2D eigenvalue weighted by molar-refractivity contribution is 7.88. The zero-order chi connectivity index (χ0) is 12.9. The van der Waals surface area contributed by atoms with E-state index in [4.69, 9.17) is 4.74 Å². The Labute approximate surface area is 99.5 Å². The lowest BCUT2D eigenvalue weighted by atomic mass is 10.1. The zero-order valence-electron chi connectivity index (χ0n) is 9.43. The van der Waals surface area contributed by atoms with Gasteiger partial charge in [0.2, 0.25) is 0 Å². The van der Waals surface area contributed by atoms with Crippen LogP contribution in [0.5, 0.6) is 0 Å². The van der Waals surface area contributed by atoms with E-state index in [-0.39, 0.29) is 19.8 Å². The van der Waals surface area contributed by atoms with Crippen LogP contribution in [0.4, 0.5) is 4.79 Å². The predicted molar refractivity (Wildman–Crippen MR) is 57.5 cm³/mol. The van der Waals surface area contributed by atoms with Crippen LogP contribution < -0.4 is 9.44 Å². The summed E-state index contributed by atoms with van der Waals surface area (Å²) in [6.45, 7) is 1.84. The van der Waals surface area contributed by atoms with Crippen molar-refractivity contribution in [3.05, 3.63) is 0 Å². The predicted octanol–water partition coefficient (Wildman–Crippen LogP) is -1.28. The highest BCUT2D eigenvalue weighted by Crippen LogP contribution is 2.16. The lowest BCUT2D eigenvalue weighted by Gasteiger charge is -2.20. The van der Waals surface area contributed by atoms with E-state index in [1.165, 1.54) is 0 Å². The molecule has 100 valence electrons. The molecule has 1 rings (SSSR count). The summed E-state index contributed by atoms with van der Waals surface area (Å²) in [7, 11) is -4.02. The molecule has 1 unspecified atom stereocenters. The van der Waals surface area contributed by atoms with Crippen molar-refractivity contribution in [1.29, 1.82) is 0 Å². The van der Waals surface area contributed by atoms with Gasteiger partial charge in [0.25, 0.3) is 0 Å². The van der Waals surface area contributed by atoms with Gasteiger partial charge in [-0.05, 0) is 6.92 Å². The van der Waals surface area contributed by atoms with Gasteiger partial charge in [0.05, 0.1) is 13.2 Å². The summed E-state index contributed by atoms with van der Waals surface area (Å²) in [5, 5.41) is 9.80. The van der Waals surface area contributed by atoms with E-state index in [2.05, 4.69) is 9.46 Å². The maximum atomic E-state index is 11.3. The van der Waals surface area contributed by atoms with Crippen molar-refractivity contribution in [1.82, 2.24) is 9.44 Å². The van der Waals surface area contributed by atoms with Crippen LogP contribution in [0.2, 0.25) is 0 Å². The standard InChI is InChI=1S/C8H16N2O6S/c1-2-16-7(11)10-17(13,14)9-5-8(12)3-4-15-6-8/h9,12H,2-6H2,1H3,(H,10,11). The van der Waals surface area contributed by atoms with Crippen LogP contribution >= 0.6 is 0 Å². The number of hydrogen-bond acceptors (Lipinski definition) is 6. The van der Waals surface area contributed by atoms with E-state index in [1.807, 2.05) is 0 Å². The van der Waals surface area contributed by atoms with Crippen LogP contribution in [-0.2, 0) is 19.7 Å². The molecule has 0 aliphatic carbocycles. The third-order valence-electron chi connectivity index (χ3n) is 2.17. The van der Waals surface area contributed by atoms with Gasteiger partial charge in [-0.2, -0.15) is 13.1 Å². The molecule has 1 atom stereocenters. The maximum absolute atomic E-state index is 11.3. The van der Waals surface area contributed by atoms with Crippen LogP contribution in [-0.4, -0.2) is 51.6 Å². The number of carbonyl (C=O) groups is 1. The fourth-order valence-corrected chi connectivity index (χ4v) is 2.08. The van der Waals surface area contributed by atoms with Gasteiger partial charge in [-0.3, -0.25) is 0 Å². The summed E-state index contributed by atoms with van der Waals surface area (Å²) in [5.74, 6) is 0. The topological polar surface area (TPSA) is 114 Å². The molecule has 0 saturated carbocycles. The molecule has 0 aromatic carbocycles. The molecular weight excluding hydrogens is 252 g/mol. The first-order valence-corrected chi connectivity index (χ1v) is 6.59. The SMILES string of the molecule is CCOC(=O)NS(=O)(=O)NCC1(O)CCOC1. The molecule has 0 aromatic rings. The second-order valence-electron chi connectivity index (χ2n) is 3.67. The molecule has 8 nitrogen and oxygen atoms in total. The van der Waals surface area contributed by atoms with Crippen molar-refractivity contribution in [2.75, 3.05) is 26.4 Å². The average Bonchev–Trinajstić information content (AvgIpc) is 2.63. The van der Waals surface area contributed by atoms with Gasteiger partial charge >= 0.3 is 16.3 Å². The van der Waals surface area contributed by atoms with E-state index in [1.54, 1.807) is 11.6 Å². The lowest BCUT2D eigenvalue weighted by molar-refractivity contribution is 0.0314. The van der Waals surface area contributed by atoms with Gasteiger partial charge in [-0.25, -0.2) is 9.52 Å². The number of rotatable bonds is 5. The largest absolute Gasteiger partial charge is 0.449 e. The fourth-order valence-electron chi connectivity index (χ4n) is 1.27. The van der Waals surface area contributed by atoms with Crippen LogP contribution in [0.1, 0.15) is 13.3 Å². The Kier molecular flexibility index (Phi) is 4.69. The van der Waals surface area contributed by atoms with Crippen molar-refractivity contribution in [3.8, 4) is 0 Å². The minimum Gasteiger partial charge on any atom is -0.449 e. The Morgan fingerprint density at radius 1 is 1.59 bits per heavy atom.